The van der Waals surface area contributed by atoms with Crippen LogP contribution in [0.2, 0.25) is 0 Å². The van der Waals surface area contributed by atoms with Crippen LogP contribution in [-0.4, -0.2) is 36.5 Å². The Morgan fingerprint density at radius 3 is 2.83 bits per heavy atom. The summed E-state index contributed by atoms with van der Waals surface area (Å²) in [4.78, 5) is 0. The molecule has 3 heteroatoms. The van der Waals surface area contributed by atoms with Crippen LogP contribution in [-0.2, 0) is 4.74 Å². The fraction of sp³-hybridized carbons (Fsp3) is 1.00. The highest BCUT2D eigenvalue weighted by Gasteiger charge is 2.43. The van der Waals surface area contributed by atoms with Gasteiger partial charge in [0, 0.05) is 18.2 Å². The first-order valence-electron chi connectivity index (χ1n) is 4.81. The molecule has 0 aromatic carbocycles. The van der Waals surface area contributed by atoms with Crippen LogP contribution in [0.4, 0.5) is 0 Å². The maximum absolute atomic E-state index is 9.08. The van der Waals surface area contributed by atoms with E-state index >= 15 is 0 Å². The average molecular weight is 171 g/mol. The highest BCUT2D eigenvalue weighted by atomic mass is 16.5. The molecular formula is C9H17NO2. The molecule has 70 valence electrons. The number of aliphatic hydroxyl groups is 1. The Morgan fingerprint density at radius 2 is 2.33 bits per heavy atom. The second-order valence-corrected chi connectivity index (χ2v) is 4.00. The lowest BCUT2D eigenvalue weighted by atomic mass is 10.1. The third kappa shape index (κ3) is 1.79. The lowest BCUT2D eigenvalue weighted by molar-refractivity contribution is 0.0601. The summed E-state index contributed by atoms with van der Waals surface area (Å²) >= 11 is 0. The van der Waals surface area contributed by atoms with Crippen molar-refractivity contribution in [3.05, 3.63) is 0 Å². The third-order valence-electron chi connectivity index (χ3n) is 2.83. The van der Waals surface area contributed by atoms with Gasteiger partial charge in [0.25, 0.3) is 0 Å². The fourth-order valence-electron chi connectivity index (χ4n) is 1.79. The Kier molecular flexibility index (Phi) is 2.35. The van der Waals surface area contributed by atoms with Crippen LogP contribution in [0.5, 0.6) is 0 Å². The maximum atomic E-state index is 9.08. The quantitative estimate of drug-likeness (QED) is 0.641. The van der Waals surface area contributed by atoms with E-state index in [-0.39, 0.29) is 12.1 Å². The summed E-state index contributed by atoms with van der Waals surface area (Å²) in [7, 11) is 0. The minimum absolute atomic E-state index is 0.0748. The molecule has 2 N–H and O–H groups in total. The molecule has 1 unspecified atom stereocenters. The molecule has 0 spiro atoms. The van der Waals surface area contributed by atoms with E-state index in [1.54, 1.807) is 0 Å². The van der Waals surface area contributed by atoms with Gasteiger partial charge in [0.1, 0.15) is 0 Å². The number of rotatable bonds is 3. The van der Waals surface area contributed by atoms with Crippen LogP contribution >= 0.6 is 0 Å². The topological polar surface area (TPSA) is 41.5 Å². The van der Waals surface area contributed by atoms with E-state index in [0.717, 1.165) is 32.5 Å². The van der Waals surface area contributed by atoms with E-state index < -0.39 is 0 Å². The van der Waals surface area contributed by atoms with Crippen LogP contribution in [0.25, 0.3) is 0 Å². The summed E-state index contributed by atoms with van der Waals surface area (Å²) in [5, 5.41) is 12.6. The largest absolute Gasteiger partial charge is 0.394 e. The van der Waals surface area contributed by atoms with Crippen molar-refractivity contribution in [3.63, 3.8) is 0 Å². The second-order valence-electron chi connectivity index (χ2n) is 4.00. The van der Waals surface area contributed by atoms with E-state index in [4.69, 9.17) is 9.84 Å². The van der Waals surface area contributed by atoms with Crippen LogP contribution in [0.1, 0.15) is 25.7 Å². The molecule has 3 nitrogen and oxygen atoms in total. The first-order chi connectivity index (χ1) is 5.85. The molecule has 0 bridgehead atoms. The Balaban J connectivity index is 1.77. The minimum atomic E-state index is 0.0748. The highest BCUT2D eigenvalue weighted by molar-refractivity contribution is 5.03. The first kappa shape index (κ1) is 8.48. The summed E-state index contributed by atoms with van der Waals surface area (Å²) in [6, 6.07) is 0.480. The summed E-state index contributed by atoms with van der Waals surface area (Å²) in [6.07, 6.45) is 4.60. The summed E-state index contributed by atoms with van der Waals surface area (Å²) in [6.45, 7) is 2.01. The number of ether oxygens (including phenoxy) is 1. The van der Waals surface area contributed by atoms with Gasteiger partial charge in [-0.05, 0) is 25.7 Å². The molecule has 0 aromatic rings. The monoisotopic (exact) mass is 171 g/mol. The fourth-order valence-corrected chi connectivity index (χ4v) is 1.79. The van der Waals surface area contributed by atoms with Gasteiger partial charge in [-0.1, -0.05) is 0 Å². The van der Waals surface area contributed by atoms with Gasteiger partial charge in [-0.2, -0.15) is 0 Å². The first-order valence-corrected chi connectivity index (χ1v) is 4.81. The lowest BCUT2D eigenvalue weighted by Crippen LogP contribution is -2.46. The third-order valence-corrected chi connectivity index (χ3v) is 2.83. The van der Waals surface area contributed by atoms with Gasteiger partial charge in [0.2, 0.25) is 0 Å². The Bertz CT molecular complexity index is 151. The van der Waals surface area contributed by atoms with Crippen LogP contribution in [0.15, 0.2) is 0 Å². The molecular weight excluding hydrogens is 154 g/mol. The molecule has 12 heavy (non-hydrogen) atoms. The van der Waals surface area contributed by atoms with Gasteiger partial charge in [-0.15, -0.1) is 0 Å². The zero-order valence-electron chi connectivity index (χ0n) is 7.38. The molecule has 1 aliphatic carbocycles. The van der Waals surface area contributed by atoms with Crippen molar-refractivity contribution < 1.29 is 9.84 Å². The average Bonchev–Trinajstić information content (AvgIpc) is 2.88. The molecule has 1 saturated carbocycles. The van der Waals surface area contributed by atoms with Gasteiger partial charge in [-0.3, -0.25) is 0 Å². The SMILES string of the molecule is OCC1(NC2CCCOC2)CC1. The molecule has 1 atom stereocenters. The smallest absolute Gasteiger partial charge is 0.0619 e. The molecule has 1 aliphatic heterocycles. The second kappa shape index (κ2) is 3.32. The van der Waals surface area contributed by atoms with Crippen molar-refractivity contribution in [2.45, 2.75) is 37.3 Å². The standard InChI is InChI=1S/C9H17NO2/c11-7-9(3-4-9)10-8-2-1-5-12-6-8/h8,10-11H,1-7H2. The Labute approximate surface area is 73.1 Å². The van der Waals surface area contributed by atoms with Gasteiger partial charge in [0.15, 0.2) is 0 Å². The summed E-state index contributed by atoms with van der Waals surface area (Å²) < 4.78 is 5.36. The Hall–Kier alpha value is -0.120. The van der Waals surface area contributed by atoms with E-state index in [2.05, 4.69) is 5.32 Å². The zero-order chi connectivity index (χ0) is 8.44. The molecule has 2 rings (SSSR count). The van der Waals surface area contributed by atoms with Gasteiger partial charge < -0.3 is 15.2 Å². The molecule has 2 fully saturated rings. The zero-order valence-corrected chi connectivity index (χ0v) is 7.38. The molecule has 1 saturated heterocycles. The number of aliphatic hydroxyl groups excluding tert-OH is 1. The van der Waals surface area contributed by atoms with Crippen molar-refractivity contribution in [2.24, 2.45) is 0 Å². The van der Waals surface area contributed by atoms with Crippen molar-refractivity contribution in [3.8, 4) is 0 Å². The van der Waals surface area contributed by atoms with E-state index in [1.807, 2.05) is 0 Å². The molecule has 0 amide bonds. The van der Waals surface area contributed by atoms with Crippen LogP contribution in [0.3, 0.4) is 0 Å². The van der Waals surface area contributed by atoms with Gasteiger partial charge >= 0.3 is 0 Å². The van der Waals surface area contributed by atoms with Crippen molar-refractivity contribution in [1.82, 2.24) is 5.32 Å². The minimum Gasteiger partial charge on any atom is -0.394 e. The number of hydrogen-bond acceptors (Lipinski definition) is 3. The van der Waals surface area contributed by atoms with Crippen LogP contribution in [0, 0.1) is 0 Å². The Morgan fingerprint density at radius 1 is 1.50 bits per heavy atom. The predicted molar refractivity (Wildman–Crippen MR) is 46.0 cm³/mol. The highest BCUT2D eigenvalue weighted by Crippen LogP contribution is 2.35. The number of nitrogens with one attached hydrogen (secondary N) is 1. The maximum Gasteiger partial charge on any atom is 0.0619 e. The normalized spacial score (nSPS) is 33.2. The molecule has 0 aromatic heterocycles. The summed E-state index contributed by atoms with van der Waals surface area (Å²) in [5.41, 5.74) is 0.0748. The molecule has 2 aliphatic rings. The predicted octanol–water partition coefficient (Wildman–Crippen LogP) is 0.280. The molecule has 1 heterocycles. The van der Waals surface area contributed by atoms with Gasteiger partial charge in [0.05, 0.1) is 13.2 Å². The molecule has 0 radical (unpaired) electrons. The van der Waals surface area contributed by atoms with E-state index in [9.17, 15) is 0 Å². The van der Waals surface area contributed by atoms with Crippen molar-refractivity contribution in [2.75, 3.05) is 19.8 Å². The lowest BCUT2D eigenvalue weighted by Gasteiger charge is -2.27. The van der Waals surface area contributed by atoms with Crippen molar-refractivity contribution in [1.29, 1.82) is 0 Å². The summed E-state index contributed by atoms with van der Waals surface area (Å²) in [5.74, 6) is 0. The van der Waals surface area contributed by atoms with Gasteiger partial charge in [-0.25, -0.2) is 0 Å². The number of hydrogen-bond donors (Lipinski definition) is 2. The van der Waals surface area contributed by atoms with Crippen LogP contribution < -0.4 is 5.32 Å². The van der Waals surface area contributed by atoms with Crippen molar-refractivity contribution >= 4 is 0 Å². The van der Waals surface area contributed by atoms with E-state index in [0.29, 0.717) is 6.04 Å². The van der Waals surface area contributed by atoms with E-state index in [1.165, 1.54) is 6.42 Å².